The number of piperidine rings is 1. The second kappa shape index (κ2) is 6.02. The van der Waals surface area contributed by atoms with Crippen molar-refractivity contribution in [3.8, 4) is 0 Å². The van der Waals surface area contributed by atoms with E-state index in [0.29, 0.717) is 5.92 Å². The minimum Gasteiger partial charge on any atom is -0.301 e. The molecule has 1 atom stereocenters. The fourth-order valence-electron chi connectivity index (χ4n) is 3.29. The van der Waals surface area contributed by atoms with Crippen molar-refractivity contribution in [3.63, 3.8) is 0 Å². The van der Waals surface area contributed by atoms with Gasteiger partial charge in [0.15, 0.2) is 0 Å². The number of hydrogen-bond acceptors (Lipinski definition) is 3. The molecule has 1 fully saturated rings. The lowest BCUT2D eigenvalue weighted by Gasteiger charge is -2.31. The van der Waals surface area contributed by atoms with Crippen LogP contribution in [0, 0.1) is 20.8 Å². The summed E-state index contributed by atoms with van der Waals surface area (Å²) in [6.07, 6.45) is 2.51. The summed E-state index contributed by atoms with van der Waals surface area (Å²) in [6.45, 7) is 10.6. The first-order valence-electron chi connectivity index (χ1n) is 7.87. The Morgan fingerprint density at radius 1 is 1.24 bits per heavy atom. The van der Waals surface area contributed by atoms with Crippen LogP contribution in [0.5, 0.6) is 0 Å². The van der Waals surface area contributed by atoms with Crippen LogP contribution in [0.1, 0.15) is 41.5 Å². The number of rotatable bonds is 4. The number of aromatic nitrogens is 4. The normalized spacial score (nSPS) is 20.0. The second-order valence-electron chi connectivity index (χ2n) is 6.27. The molecule has 3 heterocycles. The minimum atomic E-state index is 0.573. The fourth-order valence-corrected chi connectivity index (χ4v) is 3.29. The van der Waals surface area contributed by atoms with E-state index in [1.807, 2.05) is 0 Å². The molecule has 5 nitrogen and oxygen atoms in total. The van der Waals surface area contributed by atoms with E-state index in [2.05, 4.69) is 57.8 Å². The van der Waals surface area contributed by atoms with E-state index in [1.165, 1.54) is 30.8 Å². The molecule has 114 valence electrons. The van der Waals surface area contributed by atoms with Crippen molar-refractivity contribution < 1.29 is 0 Å². The largest absolute Gasteiger partial charge is 0.301 e. The number of hydrogen-bond donors (Lipinski definition) is 1. The minimum absolute atomic E-state index is 0.573. The van der Waals surface area contributed by atoms with Crippen LogP contribution in [0.25, 0.3) is 0 Å². The van der Waals surface area contributed by atoms with Gasteiger partial charge < -0.3 is 4.90 Å². The van der Waals surface area contributed by atoms with Crippen LogP contribution < -0.4 is 0 Å². The second-order valence-corrected chi connectivity index (χ2v) is 6.27. The molecule has 1 aliphatic rings. The summed E-state index contributed by atoms with van der Waals surface area (Å²) in [6, 6.07) is 4.33. The molecule has 21 heavy (non-hydrogen) atoms. The lowest BCUT2D eigenvalue weighted by Crippen LogP contribution is -2.36. The van der Waals surface area contributed by atoms with Gasteiger partial charge in [0.2, 0.25) is 0 Å². The van der Waals surface area contributed by atoms with Gasteiger partial charge in [0.1, 0.15) is 0 Å². The van der Waals surface area contributed by atoms with E-state index in [9.17, 15) is 0 Å². The Morgan fingerprint density at radius 3 is 2.76 bits per heavy atom. The summed E-state index contributed by atoms with van der Waals surface area (Å²) < 4.78 is 2.12. The summed E-state index contributed by atoms with van der Waals surface area (Å²) in [7, 11) is 0. The third-order valence-electron chi connectivity index (χ3n) is 4.38. The zero-order valence-electron chi connectivity index (χ0n) is 13.3. The summed E-state index contributed by atoms with van der Waals surface area (Å²) in [5, 5.41) is 12.1. The average Bonchev–Trinajstić information content (AvgIpc) is 3.03. The quantitative estimate of drug-likeness (QED) is 0.939. The van der Waals surface area contributed by atoms with Crippen molar-refractivity contribution >= 4 is 0 Å². The maximum atomic E-state index is 4.55. The molecular formula is C16H25N5. The fraction of sp³-hybridized carbons (Fsp3) is 0.625. The van der Waals surface area contributed by atoms with E-state index in [0.717, 1.165) is 31.0 Å². The standard InChI is InChI=1S/C16H25N5/c1-12-10-16(18-17-12)15-5-4-6-20(11-15)7-8-21-14(3)9-13(2)19-21/h9-10,15H,4-8,11H2,1-3H3,(H,17,18)/t15-/m0/s1. The maximum absolute atomic E-state index is 4.55. The third kappa shape index (κ3) is 3.35. The third-order valence-corrected chi connectivity index (χ3v) is 4.38. The van der Waals surface area contributed by atoms with Crippen LogP contribution in [-0.4, -0.2) is 44.5 Å². The molecule has 0 bridgehead atoms. The van der Waals surface area contributed by atoms with Gasteiger partial charge in [-0.2, -0.15) is 10.2 Å². The highest BCUT2D eigenvalue weighted by Crippen LogP contribution is 2.25. The Hall–Kier alpha value is -1.62. The van der Waals surface area contributed by atoms with Crippen molar-refractivity contribution in [2.24, 2.45) is 0 Å². The van der Waals surface area contributed by atoms with Crippen molar-refractivity contribution in [1.29, 1.82) is 0 Å². The molecule has 0 aliphatic carbocycles. The van der Waals surface area contributed by atoms with Crippen LogP contribution >= 0.6 is 0 Å². The molecule has 5 heteroatoms. The van der Waals surface area contributed by atoms with Gasteiger partial charge in [-0.3, -0.25) is 9.78 Å². The van der Waals surface area contributed by atoms with Gasteiger partial charge in [-0.1, -0.05) is 0 Å². The first-order valence-corrected chi connectivity index (χ1v) is 7.87. The predicted molar refractivity (Wildman–Crippen MR) is 83.4 cm³/mol. The topological polar surface area (TPSA) is 49.7 Å². The Kier molecular flexibility index (Phi) is 4.10. The number of nitrogens with one attached hydrogen (secondary N) is 1. The van der Waals surface area contributed by atoms with E-state index >= 15 is 0 Å². The van der Waals surface area contributed by atoms with Gasteiger partial charge in [0.05, 0.1) is 17.9 Å². The maximum Gasteiger partial charge on any atom is 0.0668 e. The van der Waals surface area contributed by atoms with Crippen molar-refractivity contribution in [3.05, 3.63) is 34.9 Å². The number of H-pyrrole nitrogens is 1. The number of likely N-dealkylation sites (tertiary alicyclic amines) is 1. The molecule has 1 aliphatic heterocycles. The first-order chi connectivity index (χ1) is 10.1. The van der Waals surface area contributed by atoms with E-state index in [-0.39, 0.29) is 0 Å². The first kappa shape index (κ1) is 14.3. The van der Waals surface area contributed by atoms with Gasteiger partial charge in [-0.15, -0.1) is 0 Å². The Balaban J connectivity index is 1.57. The van der Waals surface area contributed by atoms with Crippen LogP contribution in [0.4, 0.5) is 0 Å². The Bertz CT molecular complexity index is 598. The molecule has 0 radical (unpaired) electrons. The van der Waals surface area contributed by atoms with Gasteiger partial charge >= 0.3 is 0 Å². The number of nitrogens with zero attached hydrogens (tertiary/aromatic N) is 4. The Labute approximate surface area is 126 Å². The lowest BCUT2D eigenvalue weighted by molar-refractivity contribution is 0.196. The van der Waals surface area contributed by atoms with Gasteiger partial charge in [0, 0.05) is 30.4 Å². The van der Waals surface area contributed by atoms with Crippen molar-refractivity contribution in [2.45, 2.75) is 46.1 Å². The number of aryl methyl sites for hydroxylation is 3. The van der Waals surface area contributed by atoms with Crippen molar-refractivity contribution in [2.75, 3.05) is 19.6 Å². The molecule has 0 aromatic carbocycles. The molecular weight excluding hydrogens is 262 g/mol. The van der Waals surface area contributed by atoms with Gasteiger partial charge in [-0.25, -0.2) is 0 Å². The Morgan fingerprint density at radius 2 is 2.10 bits per heavy atom. The van der Waals surface area contributed by atoms with E-state index < -0.39 is 0 Å². The summed E-state index contributed by atoms with van der Waals surface area (Å²) in [5.74, 6) is 0.573. The molecule has 2 aromatic heterocycles. The molecule has 1 N–H and O–H groups in total. The van der Waals surface area contributed by atoms with Crippen molar-refractivity contribution in [1.82, 2.24) is 24.9 Å². The lowest BCUT2D eigenvalue weighted by atomic mass is 9.95. The van der Waals surface area contributed by atoms with Crippen LogP contribution in [-0.2, 0) is 6.54 Å². The highest BCUT2D eigenvalue weighted by Gasteiger charge is 2.23. The molecule has 0 amide bonds. The number of aromatic amines is 1. The molecule has 0 saturated carbocycles. The van der Waals surface area contributed by atoms with Crippen LogP contribution in [0.2, 0.25) is 0 Å². The van der Waals surface area contributed by atoms with Gasteiger partial charge in [0.25, 0.3) is 0 Å². The van der Waals surface area contributed by atoms with E-state index in [1.54, 1.807) is 0 Å². The van der Waals surface area contributed by atoms with Crippen LogP contribution in [0.15, 0.2) is 12.1 Å². The summed E-state index contributed by atoms with van der Waals surface area (Å²) in [4.78, 5) is 2.55. The molecule has 0 spiro atoms. The summed E-state index contributed by atoms with van der Waals surface area (Å²) in [5.41, 5.74) is 4.74. The average molecular weight is 287 g/mol. The smallest absolute Gasteiger partial charge is 0.0668 e. The molecule has 1 saturated heterocycles. The highest BCUT2D eigenvalue weighted by molar-refractivity contribution is 5.13. The molecule has 0 unspecified atom stereocenters. The molecule has 3 rings (SSSR count). The zero-order chi connectivity index (χ0) is 14.8. The zero-order valence-corrected chi connectivity index (χ0v) is 13.3. The molecule has 2 aromatic rings. The van der Waals surface area contributed by atoms with E-state index in [4.69, 9.17) is 0 Å². The van der Waals surface area contributed by atoms with Crippen LogP contribution in [0.3, 0.4) is 0 Å². The predicted octanol–water partition coefficient (Wildman–Crippen LogP) is 2.41. The monoisotopic (exact) mass is 287 g/mol. The highest BCUT2D eigenvalue weighted by atomic mass is 15.3. The summed E-state index contributed by atoms with van der Waals surface area (Å²) >= 11 is 0. The SMILES string of the molecule is Cc1cc(C)n(CCN2CCC[C@H](c3cc(C)[nH]n3)C2)n1. The van der Waals surface area contributed by atoms with Gasteiger partial charge in [-0.05, 0) is 52.3 Å².